The molecule has 0 fully saturated rings. The highest BCUT2D eigenvalue weighted by Gasteiger charge is 2.08. The van der Waals surface area contributed by atoms with E-state index in [2.05, 4.69) is 10.3 Å². The average Bonchev–Trinajstić information content (AvgIpc) is 3.02. The van der Waals surface area contributed by atoms with Crippen LogP contribution in [0.4, 0.5) is 0 Å². The highest BCUT2D eigenvalue weighted by molar-refractivity contribution is 7.15. The maximum atomic E-state index is 6.25. The van der Waals surface area contributed by atoms with Crippen molar-refractivity contribution in [2.24, 2.45) is 0 Å². The molecule has 3 aromatic rings. The molecule has 0 aliphatic carbocycles. The molecule has 6 heteroatoms. The lowest BCUT2D eigenvalue weighted by atomic mass is 10.1. The molecule has 0 aliphatic rings. The van der Waals surface area contributed by atoms with Crippen molar-refractivity contribution in [3.63, 3.8) is 0 Å². The molecular formula is C18H15Cl3N2S. The van der Waals surface area contributed by atoms with E-state index in [-0.39, 0.29) is 0 Å². The standard InChI is InChI=1S/C18H15Cl3N2S/c19-13-3-1-12(2-4-13)7-8-22-11-18-23-10-17(24-18)15-6-5-14(20)9-16(15)21/h1-6,9-10,22H,7-8,11H2. The van der Waals surface area contributed by atoms with E-state index in [0.717, 1.165) is 40.0 Å². The minimum Gasteiger partial charge on any atom is -0.310 e. The number of nitrogens with one attached hydrogen (secondary N) is 1. The van der Waals surface area contributed by atoms with Crippen molar-refractivity contribution in [1.29, 1.82) is 0 Å². The smallest absolute Gasteiger partial charge is 0.107 e. The molecule has 0 bridgehead atoms. The molecule has 0 saturated heterocycles. The first kappa shape index (κ1) is 17.7. The molecule has 0 atom stereocenters. The molecule has 0 spiro atoms. The Labute approximate surface area is 160 Å². The van der Waals surface area contributed by atoms with Crippen molar-refractivity contribution in [2.75, 3.05) is 6.54 Å². The van der Waals surface area contributed by atoms with Crippen LogP contribution in [0.3, 0.4) is 0 Å². The fraction of sp³-hybridized carbons (Fsp3) is 0.167. The van der Waals surface area contributed by atoms with Crippen molar-refractivity contribution >= 4 is 46.1 Å². The van der Waals surface area contributed by atoms with Gasteiger partial charge in [0.1, 0.15) is 5.01 Å². The maximum Gasteiger partial charge on any atom is 0.107 e. The van der Waals surface area contributed by atoms with Crippen molar-refractivity contribution in [1.82, 2.24) is 10.3 Å². The van der Waals surface area contributed by atoms with Gasteiger partial charge in [-0.15, -0.1) is 11.3 Å². The van der Waals surface area contributed by atoms with Gasteiger partial charge in [-0.25, -0.2) is 4.98 Å². The zero-order chi connectivity index (χ0) is 16.9. The van der Waals surface area contributed by atoms with Gasteiger partial charge in [0.15, 0.2) is 0 Å². The number of halogens is 3. The minimum atomic E-state index is 0.636. The van der Waals surface area contributed by atoms with E-state index < -0.39 is 0 Å². The van der Waals surface area contributed by atoms with Gasteiger partial charge in [-0.2, -0.15) is 0 Å². The van der Waals surface area contributed by atoms with Gasteiger partial charge in [0.2, 0.25) is 0 Å². The van der Waals surface area contributed by atoms with Crippen molar-refractivity contribution < 1.29 is 0 Å². The van der Waals surface area contributed by atoms with Crippen LogP contribution < -0.4 is 5.32 Å². The van der Waals surface area contributed by atoms with Crippen LogP contribution in [0.25, 0.3) is 10.4 Å². The number of thiazole rings is 1. The molecule has 0 aliphatic heterocycles. The van der Waals surface area contributed by atoms with Gasteiger partial charge in [-0.1, -0.05) is 53.0 Å². The summed E-state index contributed by atoms with van der Waals surface area (Å²) in [6.45, 7) is 1.63. The minimum absolute atomic E-state index is 0.636. The van der Waals surface area contributed by atoms with E-state index in [4.69, 9.17) is 34.8 Å². The first-order valence-electron chi connectivity index (χ1n) is 7.47. The quantitative estimate of drug-likeness (QED) is 0.508. The Balaban J connectivity index is 1.53. The van der Waals surface area contributed by atoms with Crippen LogP contribution >= 0.6 is 46.1 Å². The predicted octanol–water partition coefficient (Wildman–Crippen LogP) is 6.10. The molecule has 1 heterocycles. The summed E-state index contributed by atoms with van der Waals surface area (Å²) < 4.78 is 0. The second-order valence-corrected chi connectivity index (χ2v) is 7.69. The summed E-state index contributed by atoms with van der Waals surface area (Å²) in [6, 6.07) is 13.5. The molecule has 3 rings (SSSR count). The number of benzene rings is 2. The predicted molar refractivity (Wildman–Crippen MR) is 104 cm³/mol. The Bertz CT molecular complexity index is 815. The van der Waals surface area contributed by atoms with Gasteiger partial charge in [0, 0.05) is 28.4 Å². The Kier molecular flexibility index (Phi) is 6.14. The molecule has 0 saturated carbocycles. The monoisotopic (exact) mass is 396 g/mol. The molecule has 2 aromatic carbocycles. The number of hydrogen-bond acceptors (Lipinski definition) is 3. The van der Waals surface area contributed by atoms with Gasteiger partial charge < -0.3 is 5.32 Å². The SMILES string of the molecule is Clc1ccc(CCNCc2ncc(-c3ccc(Cl)cc3Cl)s2)cc1. The summed E-state index contributed by atoms with van der Waals surface area (Å²) in [5.74, 6) is 0. The molecule has 124 valence electrons. The van der Waals surface area contributed by atoms with Crippen LogP contribution in [0.15, 0.2) is 48.7 Å². The van der Waals surface area contributed by atoms with Crippen LogP contribution in [-0.4, -0.2) is 11.5 Å². The van der Waals surface area contributed by atoms with Crippen LogP contribution in [0.5, 0.6) is 0 Å². The van der Waals surface area contributed by atoms with E-state index in [1.807, 2.05) is 42.6 Å². The Hall–Kier alpha value is -1.10. The second kappa shape index (κ2) is 8.32. The average molecular weight is 398 g/mol. The summed E-state index contributed by atoms with van der Waals surface area (Å²) in [5, 5.41) is 6.50. The zero-order valence-corrected chi connectivity index (χ0v) is 15.8. The molecule has 0 unspecified atom stereocenters. The molecular weight excluding hydrogens is 383 g/mol. The molecule has 24 heavy (non-hydrogen) atoms. The summed E-state index contributed by atoms with van der Waals surface area (Å²) in [4.78, 5) is 5.51. The van der Waals surface area contributed by atoms with E-state index >= 15 is 0 Å². The van der Waals surface area contributed by atoms with Crippen molar-refractivity contribution in [3.8, 4) is 10.4 Å². The molecule has 0 radical (unpaired) electrons. The maximum absolute atomic E-state index is 6.25. The lowest BCUT2D eigenvalue weighted by Gasteiger charge is -2.03. The summed E-state index contributed by atoms with van der Waals surface area (Å²) in [6.07, 6.45) is 2.81. The van der Waals surface area contributed by atoms with E-state index in [1.165, 1.54) is 5.56 Å². The van der Waals surface area contributed by atoms with Crippen LogP contribution in [-0.2, 0) is 13.0 Å². The summed E-state index contributed by atoms with van der Waals surface area (Å²) >= 11 is 19.7. The van der Waals surface area contributed by atoms with Crippen LogP contribution in [0.2, 0.25) is 15.1 Å². The zero-order valence-electron chi connectivity index (χ0n) is 12.7. The normalized spacial score (nSPS) is 11.0. The number of rotatable bonds is 6. The van der Waals surface area contributed by atoms with E-state index in [1.54, 1.807) is 17.4 Å². The highest BCUT2D eigenvalue weighted by Crippen LogP contribution is 2.33. The molecule has 2 nitrogen and oxygen atoms in total. The Morgan fingerprint density at radius 1 is 0.958 bits per heavy atom. The second-order valence-electron chi connectivity index (χ2n) is 5.30. The van der Waals surface area contributed by atoms with E-state index in [0.29, 0.717) is 10.0 Å². The third kappa shape index (κ3) is 4.71. The first-order chi connectivity index (χ1) is 11.6. The Morgan fingerprint density at radius 3 is 2.46 bits per heavy atom. The van der Waals surface area contributed by atoms with Gasteiger partial charge in [0.25, 0.3) is 0 Å². The molecule has 0 amide bonds. The number of nitrogens with zero attached hydrogens (tertiary/aromatic N) is 1. The largest absolute Gasteiger partial charge is 0.310 e. The fourth-order valence-electron chi connectivity index (χ4n) is 2.28. The van der Waals surface area contributed by atoms with Gasteiger partial charge in [-0.05, 0) is 42.8 Å². The number of aromatic nitrogens is 1. The first-order valence-corrected chi connectivity index (χ1v) is 9.42. The topological polar surface area (TPSA) is 24.9 Å². The van der Waals surface area contributed by atoms with Crippen molar-refractivity contribution in [2.45, 2.75) is 13.0 Å². The third-order valence-corrected chi connectivity index (χ3v) is 5.36. The Morgan fingerprint density at radius 2 is 1.71 bits per heavy atom. The molecule has 1 aromatic heterocycles. The van der Waals surface area contributed by atoms with Gasteiger partial charge >= 0.3 is 0 Å². The highest BCUT2D eigenvalue weighted by atomic mass is 35.5. The summed E-state index contributed by atoms with van der Waals surface area (Å²) in [7, 11) is 0. The van der Waals surface area contributed by atoms with Gasteiger partial charge in [-0.3, -0.25) is 0 Å². The lowest BCUT2D eigenvalue weighted by Crippen LogP contribution is -2.16. The van der Waals surface area contributed by atoms with Crippen LogP contribution in [0.1, 0.15) is 10.6 Å². The van der Waals surface area contributed by atoms with E-state index in [9.17, 15) is 0 Å². The number of hydrogen-bond donors (Lipinski definition) is 1. The van der Waals surface area contributed by atoms with Crippen molar-refractivity contribution in [3.05, 3.63) is 74.3 Å². The molecule has 1 N–H and O–H groups in total. The third-order valence-electron chi connectivity index (χ3n) is 3.53. The summed E-state index contributed by atoms with van der Waals surface area (Å²) in [5.41, 5.74) is 2.23. The van der Waals surface area contributed by atoms with Gasteiger partial charge in [0.05, 0.1) is 9.90 Å². The lowest BCUT2D eigenvalue weighted by molar-refractivity contribution is 0.684. The fourth-order valence-corrected chi connectivity index (χ4v) is 3.90. The van der Waals surface area contributed by atoms with Crippen LogP contribution in [0, 0.1) is 0 Å².